The average molecular weight is 202 g/mol. The molecule has 0 spiro atoms. The fourth-order valence-electron chi connectivity index (χ4n) is 1.06. The Kier molecular flexibility index (Phi) is 3.75. The van der Waals surface area contributed by atoms with Gasteiger partial charge in [-0.15, -0.1) is 0 Å². The zero-order chi connectivity index (χ0) is 9.84. The van der Waals surface area contributed by atoms with Crippen LogP contribution in [0, 0.1) is 0 Å². The maximum Gasteiger partial charge on any atom is 0.0785 e. The molecule has 0 aliphatic rings. The van der Waals surface area contributed by atoms with Gasteiger partial charge in [-0.25, -0.2) is 0 Å². The van der Waals surface area contributed by atoms with Gasteiger partial charge in [0.2, 0.25) is 0 Å². The van der Waals surface area contributed by atoms with E-state index in [-0.39, 0.29) is 0 Å². The van der Waals surface area contributed by atoms with E-state index in [4.69, 9.17) is 11.6 Å². The highest BCUT2D eigenvalue weighted by molar-refractivity contribution is 6.30. The van der Waals surface area contributed by atoms with Gasteiger partial charge in [-0.3, -0.25) is 4.68 Å². The van der Waals surface area contributed by atoms with E-state index < -0.39 is 0 Å². The van der Waals surface area contributed by atoms with Crippen molar-refractivity contribution in [1.82, 2.24) is 15.1 Å². The first-order valence-electron chi connectivity index (χ1n) is 4.52. The molecule has 0 saturated carbocycles. The number of nitrogens with one attached hydrogen (secondary N) is 1. The zero-order valence-electron chi connectivity index (χ0n) is 8.29. The van der Waals surface area contributed by atoms with Crippen LogP contribution in [0.2, 0.25) is 5.02 Å². The lowest BCUT2D eigenvalue weighted by atomic mass is 10.3. The Morgan fingerprint density at radius 3 is 2.69 bits per heavy atom. The zero-order valence-corrected chi connectivity index (χ0v) is 9.04. The summed E-state index contributed by atoms with van der Waals surface area (Å²) in [5, 5.41) is 8.18. The summed E-state index contributed by atoms with van der Waals surface area (Å²) in [5.41, 5.74) is 0. The van der Waals surface area contributed by atoms with E-state index >= 15 is 0 Å². The predicted octanol–water partition coefficient (Wildman–Crippen LogP) is 2.10. The van der Waals surface area contributed by atoms with Crippen LogP contribution in [0.25, 0.3) is 0 Å². The third-order valence-corrected chi connectivity index (χ3v) is 2.04. The molecule has 0 fully saturated rings. The second kappa shape index (κ2) is 4.63. The molecule has 0 bridgehead atoms. The molecule has 1 aromatic heterocycles. The van der Waals surface area contributed by atoms with Crippen molar-refractivity contribution in [3.63, 3.8) is 0 Å². The normalized spacial score (nSPS) is 13.6. The van der Waals surface area contributed by atoms with E-state index in [0.717, 1.165) is 6.54 Å². The van der Waals surface area contributed by atoms with Gasteiger partial charge in [0, 0.05) is 18.8 Å². The maximum atomic E-state index is 5.76. The summed E-state index contributed by atoms with van der Waals surface area (Å²) in [4.78, 5) is 0. The van der Waals surface area contributed by atoms with Crippen LogP contribution in [-0.4, -0.2) is 22.4 Å². The lowest BCUT2D eigenvalue weighted by molar-refractivity contribution is 0.433. The quantitative estimate of drug-likeness (QED) is 0.809. The Balaban J connectivity index is 2.44. The van der Waals surface area contributed by atoms with Crippen LogP contribution in [-0.2, 0) is 0 Å². The van der Waals surface area contributed by atoms with Crippen LogP contribution in [0.15, 0.2) is 12.4 Å². The summed E-state index contributed by atoms with van der Waals surface area (Å²) in [6, 6.07) is 0.850. The van der Waals surface area contributed by atoms with Crippen LogP contribution in [0.3, 0.4) is 0 Å². The van der Waals surface area contributed by atoms with Crippen molar-refractivity contribution in [1.29, 1.82) is 0 Å². The Morgan fingerprint density at radius 2 is 2.23 bits per heavy atom. The molecular weight excluding hydrogens is 186 g/mol. The molecule has 0 aromatic carbocycles. The van der Waals surface area contributed by atoms with Crippen LogP contribution in [0.4, 0.5) is 0 Å². The van der Waals surface area contributed by atoms with Crippen LogP contribution in [0.1, 0.15) is 26.8 Å². The lowest BCUT2D eigenvalue weighted by Crippen LogP contribution is -2.29. The summed E-state index contributed by atoms with van der Waals surface area (Å²) in [6.45, 7) is 7.28. The molecule has 1 rings (SSSR count). The number of halogens is 1. The molecule has 1 atom stereocenters. The second-order valence-electron chi connectivity index (χ2n) is 3.55. The highest BCUT2D eigenvalue weighted by Crippen LogP contribution is 2.09. The van der Waals surface area contributed by atoms with E-state index in [9.17, 15) is 0 Å². The summed E-state index contributed by atoms with van der Waals surface area (Å²) in [6.07, 6.45) is 3.50. The molecule has 1 unspecified atom stereocenters. The SMILES string of the molecule is CC(C)NCC(C)n1cc(Cl)cn1. The van der Waals surface area contributed by atoms with Crippen molar-refractivity contribution in [3.8, 4) is 0 Å². The number of aromatic nitrogens is 2. The minimum atomic E-state index is 0.342. The molecule has 4 heteroatoms. The minimum Gasteiger partial charge on any atom is -0.312 e. The van der Waals surface area contributed by atoms with Crippen molar-refractivity contribution < 1.29 is 0 Å². The van der Waals surface area contributed by atoms with Gasteiger partial charge in [0.1, 0.15) is 0 Å². The number of nitrogens with zero attached hydrogens (tertiary/aromatic N) is 2. The second-order valence-corrected chi connectivity index (χ2v) is 3.99. The first-order valence-corrected chi connectivity index (χ1v) is 4.90. The van der Waals surface area contributed by atoms with Gasteiger partial charge in [0.25, 0.3) is 0 Å². The van der Waals surface area contributed by atoms with Crippen molar-refractivity contribution in [2.75, 3.05) is 6.54 Å². The van der Waals surface area contributed by atoms with Crippen LogP contribution in [0.5, 0.6) is 0 Å². The van der Waals surface area contributed by atoms with Crippen molar-refractivity contribution >= 4 is 11.6 Å². The molecule has 13 heavy (non-hydrogen) atoms. The summed E-state index contributed by atoms with van der Waals surface area (Å²) in [5.74, 6) is 0. The molecule has 0 radical (unpaired) electrons. The molecule has 0 aliphatic heterocycles. The van der Waals surface area contributed by atoms with Gasteiger partial charge in [0.05, 0.1) is 17.3 Å². The molecule has 0 amide bonds. The van der Waals surface area contributed by atoms with Gasteiger partial charge in [-0.2, -0.15) is 5.10 Å². The van der Waals surface area contributed by atoms with E-state index in [1.807, 2.05) is 10.9 Å². The van der Waals surface area contributed by atoms with Gasteiger partial charge in [-0.05, 0) is 6.92 Å². The first kappa shape index (κ1) is 10.5. The smallest absolute Gasteiger partial charge is 0.0785 e. The fraction of sp³-hybridized carbons (Fsp3) is 0.667. The standard InChI is InChI=1S/C9H16ClN3/c1-7(2)11-4-8(3)13-6-9(10)5-12-13/h5-8,11H,4H2,1-3H3. The molecular formula is C9H16ClN3. The fourth-order valence-corrected chi connectivity index (χ4v) is 1.20. The Morgan fingerprint density at radius 1 is 1.54 bits per heavy atom. The average Bonchev–Trinajstić information content (AvgIpc) is 2.47. The van der Waals surface area contributed by atoms with Crippen LogP contribution >= 0.6 is 11.6 Å². The highest BCUT2D eigenvalue weighted by Gasteiger charge is 2.05. The Bertz CT molecular complexity index is 257. The monoisotopic (exact) mass is 201 g/mol. The van der Waals surface area contributed by atoms with Gasteiger partial charge >= 0.3 is 0 Å². The Labute approximate surface area is 84.1 Å². The summed E-state index contributed by atoms with van der Waals surface area (Å²) >= 11 is 5.76. The van der Waals surface area contributed by atoms with E-state index in [1.54, 1.807) is 6.20 Å². The van der Waals surface area contributed by atoms with Crippen molar-refractivity contribution in [2.45, 2.75) is 32.9 Å². The predicted molar refractivity (Wildman–Crippen MR) is 55.1 cm³/mol. The van der Waals surface area contributed by atoms with Crippen LogP contribution < -0.4 is 5.32 Å². The van der Waals surface area contributed by atoms with Gasteiger partial charge in [-0.1, -0.05) is 25.4 Å². The maximum absolute atomic E-state index is 5.76. The molecule has 3 nitrogen and oxygen atoms in total. The molecule has 0 saturated heterocycles. The molecule has 1 heterocycles. The van der Waals surface area contributed by atoms with Gasteiger partial charge < -0.3 is 5.32 Å². The van der Waals surface area contributed by atoms with E-state index in [2.05, 4.69) is 31.2 Å². The van der Waals surface area contributed by atoms with Gasteiger partial charge in [0.15, 0.2) is 0 Å². The first-order chi connectivity index (χ1) is 6.09. The topological polar surface area (TPSA) is 29.9 Å². The van der Waals surface area contributed by atoms with Crippen molar-refractivity contribution in [2.24, 2.45) is 0 Å². The molecule has 0 aliphatic carbocycles. The molecule has 1 aromatic rings. The molecule has 1 N–H and O–H groups in total. The number of hydrogen-bond acceptors (Lipinski definition) is 2. The highest BCUT2D eigenvalue weighted by atomic mass is 35.5. The number of hydrogen-bond donors (Lipinski definition) is 1. The Hall–Kier alpha value is -0.540. The molecule has 74 valence electrons. The van der Waals surface area contributed by atoms with E-state index in [0.29, 0.717) is 17.1 Å². The van der Waals surface area contributed by atoms with E-state index in [1.165, 1.54) is 0 Å². The third kappa shape index (κ3) is 3.36. The minimum absolute atomic E-state index is 0.342. The summed E-state index contributed by atoms with van der Waals surface area (Å²) < 4.78 is 1.87. The van der Waals surface area contributed by atoms with Crippen molar-refractivity contribution in [3.05, 3.63) is 17.4 Å². The third-order valence-electron chi connectivity index (χ3n) is 1.84. The summed E-state index contributed by atoms with van der Waals surface area (Å²) in [7, 11) is 0. The lowest BCUT2D eigenvalue weighted by Gasteiger charge is -2.14. The largest absolute Gasteiger partial charge is 0.312 e. The number of rotatable bonds is 4.